The van der Waals surface area contributed by atoms with Crippen LogP contribution in [0, 0.1) is 0 Å². The number of hydrogen-bond donors (Lipinski definition) is 1. The molecule has 0 bridgehead atoms. The first-order valence-corrected chi connectivity index (χ1v) is 9.58. The summed E-state index contributed by atoms with van der Waals surface area (Å²) in [7, 11) is 3.31. The molecular weight excluding hydrogens is 442 g/mol. The zero-order chi connectivity index (χ0) is 21.0. The van der Waals surface area contributed by atoms with E-state index in [1.54, 1.807) is 56.6 Å². The maximum absolute atomic E-state index is 12.4. The van der Waals surface area contributed by atoms with Gasteiger partial charge in [-0.1, -0.05) is 15.9 Å². The Bertz CT molecular complexity index is 930. The molecule has 29 heavy (non-hydrogen) atoms. The molecule has 0 saturated heterocycles. The quantitative estimate of drug-likeness (QED) is 0.712. The number of likely N-dealkylation sites (N-methyl/N-ethyl adjacent to an activating group) is 1. The Labute approximate surface area is 176 Å². The number of carbonyl (C=O) groups excluding carboxylic acids is 3. The number of anilines is 2. The number of nitrogens with one attached hydrogen (secondary N) is 1. The lowest BCUT2D eigenvalue weighted by Crippen LogP contribution is -2.43. The van der Waals surface area contributed by atoms with Crippen LogP contribution in [-0.4, -0.2) is 56.5 Å². The van der Waals surface area contributed by atoms with Crippen LogP contribution >= 0.6 is 15.9 Å². The smallest absolute Gasteiger partial charge is 0.265 e. The minimum atomic E-state index is -0.342. The fourth-order valence-corrected chi connectivity index (χ4v) is 2.94. The number of halogens is 1. The Kier molecular flexibility index (Phi) is 6.38. The Hall–Kier alpha value is -3.07. The molecule has 0 saturated carbocycles. The molecule has 0 spiro atoms. The van der Waals surface area contributed by atoms with Gasteiger partial charge in [0.05, 0.1) is 5.69 Å². The Morgan fingerprint density at radius 1 is 1.21 bits per heavy atom. The van der Waals surface area contributed by atoms with E-state index < -0.39 is 0 Å². The van der Waals surface area contributed by atoms with Gasteiger partial charge in [-0.15, -0.1) is 0 Å². The van der Waals surface area contributed by atoms with Crippen molar-refractivity contribution in [3.05, 3.63) is 46.9 Å². The van der Waals surface area contributed by atoms with Crippen molar-refractivity contribution in [2.45, 2.75) is 0 Å². The van der Waals surface area contributed by atoms with Crippen LogP contribution in [-0.2, 0) is 14.4 Å². The van der Waals surface area contributed by atoms with Crippen molar-refractivity contribution in [2.24, 2.45) is 0 Å². The van der Waals surface area contributed by atoms with Crippen molar-refractivity contribution < 1.29 is 23.9 Å². The molecule has 0 radical (unpaired) electrons. The predicted molar refractivity (Wildman–Crippen MR) is 111 cm³/mol. The van der Waals surface area contributed by atoms with Gasteiger partial charge in [0.15, 0.2) is 13.2 Å². The van der Waals surface area contributed by atoms with Gasteiger partial charge in [-0.2, -0.15) is 0 Å². The minimum Gasteiger partial charge on any atom is -0.484 e. The molecule has 0 aliphatic carbocycles. The lowest BCUT2D eigenvalue weighted by molar-refractivity contribution is -0.130. The third-order valence-corrected chi connectivity index (χ3v) is 4.66. The number of ether oxygens (including phenoxy) is 2. The molecule has 0 unspecified atom stereocenters. The van der Waals surface area contributed by atoms with Crippen molar-refractivity contribution in [1.82, 2.24) is 4.90 Å². The van der Waals surface area contributed by atoms with Gasteiger partial charge in [0, 0.05) is 24.3 Å². The van der Waals surface area contributed by atoms with E-state index in [0.717, 1.165) is 4.47 Å². The molecule has 9 heteroatoms. The van der Waals surface area contributed by atoms with Gasteiger partial charge in [0.25, 0.3) is 11.8 Å². The lowest BCUT2D eigenvalue weighted by atomic mass is 10.2. The SMILES string of the molecule is CN(C)C(=O)COc1ccc(NC(=O)CN2C(=O)COc3cc(Br)ccc32)cc1. The largest absolute Gasteiger partial charge is 0.484 e. The summed E-state index contributed by atoms with van der Waals surface area (Å²) in [4.78, 5) is 39.0. The van der Waals surface area contributed by atoms with Crippen molar-refractivity contribution in [3.8, 4) is 11.5 Å². The topological polar surface area (TPSA) is 88.2 Å². The van der Waals surface area contributed by atoms with E-state index in [9.17, 15) is 14.4 Å². The third-order valence-electron chi connectivity index (χ3n) is 4.17. The first-order valence-electron chi connectivity index (χ1n) is 8.79. The summed E-state index contributed by atoms with van der Waals surface area (Å²) in [6.45, 7) is -0.311. The van der Waals surface area contributed by atoms with Gasteiger partial charge < -0.3 is 19.7 Å². The molecular formula is C20H20BrN3O5. The third kappa shape index (κ3) is 5.26. The number of fused-ring (bicyclic) bond motifs is 1. The van der Waals surface area contributed by atoms with Crippen LogP contribution in [0.5, 0.6) is 11.5 Å². The maximum Gasteiger partial charge on any atom is 0.265 e. The van der Waals surface area contributed by atoms with E-state index in [1.807, 2.05) is 0 Å². The summed E-state index contributed by atoms with van der Waals surface area (Å²) in [5, 5.41) is 2.75. The van der Waals surface area contributed by atoms with E-state index in [0.29, 0.717) is 22.9 Å². The van der Waals surface area contributed by atoms with Crippen molar-refractivity contribution in [1.29, 1.82) is 0 Å². The first-order chi connectivity index (χ1) is 13.8. The fraction of sp³-hybridized carbons (Fsp3) is 0.250. The van der Waals surface area contributed by atoms with Crippen LogP contribution in [0.1, 0.15) is 0 Å². The first kappa shape index (κ1) is 20.7. The second kappa shape index (κ2) is 8.95. The molecule has 0 atom stereocenters. The number of benzene rings is 2. The number of rotatable bonds is 6. The van der Waals surface area contributed by atoms with Crippen LogP contribution in [0.15, 0.2) is 46.9 Å². The predicted octanol–water partition coefficient (Wildman–Crippen LogP) is 2.28. The summed E-state index contributed by atoms with van der Waals surface area (Å²) in [6, 6.07) is 11.9. The Morgan fingerprint density at radius 2 is 1.93 bits per heavy atom. The Balaban J connectivity index is 1.60. The zero-order valence-electron chi connectivity index (χ0n) is 16.0. The molecule has 1 heterocycles. The summed E-state index contributed by atoms with van der Waals surface area (Å²) >= 11 is 3.36. The molecule has 1 aliphatic heterocycles. The van der Waals surface area contributed by atoms with Crippen molar-refractivity contribution >= 4 is 45.0 Å². The minimum absolute atomic E-state index is 0.0621. The lowest BCUT2D eigenvalue weighted by Gasteiger charge is -2.29. The summed E-state index contributed by atoms with van der Waals surface area (Å²) in [5.74, 6) is 0.279. The second-order valence-corrected chi connectivity index (χ2v) is 7.45. The average molecular weight is 462 g/mol. The van der Waals surface area contributed by atoms with Crippen LogP contribution in [0.2, 0.25) is 0 Å². The highest BCUT2D eigenvalue weighted by atomic mass is 79.9. The fourth-order valence-electron chi connectivity index (χ4n) is 2.60. The van der Waals surface area contributed by atoms with Gasteiger partial charge in [0.1, 0.15) is 18.0 Å². The Morgan fingerprint density at radius 3 is 2.62 bits per heavy atom. The normalized spacial score (nSPS) is 12.7. The van der Waals surface area contributed by atoms with Gasteiger partial charge in [-0.3, -0.25) is 19.3 Å². The van der Waals surface area contributed by atoms with E-state index >= 15 is 0 Å². The number of hydrogen-bond acceptors (Lipinski definition) is 5. The molecule has 152 valence electrons. The number of carbonyl (C=O) groups is 3. The summed E-state index contributed by atoms with van der Waals surface area (Å²) in [6.07, 6.45) is 0. The van der Waals surface area contributed by atoms with Crippen LogP contribution in [0.4, 0.5) is 11.4 Å². The molecule has 3 rings (SSSR count). The van der Waals surface area contributed by atoms with Gasteiger partial charge in [-0.25, -0.2) is 0 Å². The summed E-state index contributed by atoms with van der Waals surface area (Å²) < 4.78 is 11.6. The van der Waals surface area contributed by atoms with Crippen molar-refractivity contribution in [2.75, 3.05) is 44.1 Å². The van der Waals surface area contributed by atoms with E-state index in [2.05, 4.69) is 21.2 Å². The molecule has 2 aromatic rings. The molecule has 2 aromatic carbocycles. The molecule has 8 nitrogen and oxygen atoms in total. The maximum atomic E-state index is 12.4. The van der Waals surface area contributed by atoms with Gasteiger partial charge in [0.2, 0.25) is 5.91 Å². The van der Waals surface area contributed by atoms with Gasteiger partial charge >= 0.3 is 0 Å². The number of amides is 3. The van der Waals surface area contributed by atoms with Crippen LogP contribution in [0.25, 0.3) is 0 Å². The van der Waals surface area contributed by atoms with Crippen LogP contribution < -0.4 is 19.7 Å². The van der Waals surface area contributed by atoms with E-state index in [1.165, 1.54) is 9.80 Å². The van der Waals surface area contributed by atoms with E-state index in [-0.39, 0.29) is 37.5 Å². The second-order valence-electron chi connectivity index (χ2n) is 6.53. The van der Waals surface area contributed by atoms with E-state index in [4.69, 9.17) is 9.47 Å². The highest BCUT2D eigenvalue weighted by molar-refractivity contribution is 9.10. The standard InChI is InChI=1S/C20H20BrN3O5/c1-23(2)19(26)11-28-15-6-4-14(5-7-15)22-18(25)10-24-16-8-3-13(21)9-17(16)29-12-20(24)27/h3-9H,10-12H2,1-2H3,(H,22,25). The number of nitrogens with zero attached hydrogens (tertiary/aromatic N) is 2. The molecule has 0 aromatic heterocycles. The molecule has 3 amide bonds. The average Bonchev–Trinajstić information content (AvgIpc) is 2.69. The highest BCUT2D eigenvalue weighted by Crippen LogP contribution is 2.34. The zero-order valence-corrected chi connectivity index (χ0v) is 17.6. The molecule has 0 fully saturated rings. The molecule has 1 N–H and O–H groups in total. The van der Waals surface area contributed by atoms with Crippen molar-refractivity contribution in [3.63, 3.8) is 0 Å². The summed E-state index contributed by atoms with van der Waals surface area (Å²) in [5.41, 5.74) is 1.10. The highest BCUT2D eigenvalue weighted by Gasteiger charge is 2.27. The van der Waals surface area contributed by atoms with Gasteiger partial charge in [-0.05, 0) is 42.5 Å². The monoisotopic (exact) mass is 461 g/mol. The molecule has 1 aliphatic rings. The van der Waals surface area contributed by atoms with Crippen LogP contribution in [0.3, 0.4) is 0 Å².